The number of para-hydroxylation sites is 3. The fourth-order valence-electron chi connectivity index (χ4n) is 3.55. The molecule has 0 unspecified atom stereocenters. The van der Waals surface area contributed by atoms with E-state index in [9.17, 15) is 4.79 Å². The molecule has 0 aliphatic carbocycles. The van der Waals surface area contributed by atoms with Gasteiger partial charge in [0.05, 0.1) is 11.0 Å². The van der Waals surface area contributed by atoms with E-state index in [1.54, 1.807) is 0 Å². The lowest BCUT2D eigenvalue weighted by molar-refractivity contribution is -0.139. The second kappa shape index (κ2) is 7.20. The van der Waals surface area contributed by atoms with E-state index in [-0.39, 0.29) is 5.91 Å². The second-order valence-electron chi connectivity index (χ2n) is 6.81. The number of aromatic nitrogens is 2. The fraction of sp³-hybridized carbons (Fsp3) is 0.333. The van der Waals surface area contributed by atoms with E-state index in [2.05, 4.69) is 4.98 Å². The van der Waals surface area contributed by atoms with Crippen LogP contribution >= 0.6 is 0 Å². The van der Waals surface area contributed by atoms with Gasteiger partial charge in [-0.2, -0.15) is 0 Å². The van der Waals surface area contributed by atoms with Crippen molar-refractivity contribution < 1.29 is 9.53 Å². The van der Waals surface area contributed by atoms with Gasteiger partial charge in [-0.25, -0.2) is 4.98 Å². The van der Waals surface area contributed by atoms with Crippen LogP contribution in [0.4, 0.5) is 0 Å². The van der Waals surface area contributed by atoms with Gasteiger partial charge in [0.15, 0.2) is 6.10 Å². The highest BCUT2D eigenvalue weighted by Gasteiger charge is 2.28. The lowest BCUT2D eigenvalue weighted by atomic mass is 9.96. The van der Waals surface area contributed by atoms with Gasteiger partial charge in [-0.15, -0.1) is 0 Å². The molecule has 1 atom stereocenters. The maximum absolute atomic E-state index is 12.7. The Balaban J connectivity index is 1.36. The van der Waals surface area contributed by atoms with Gasteiger partial charge >= 0.3 is 0 Å². The Hall–Kier alpha value is -2.82. The molecule has 1 aliphatic heterocycles. The van der Waals surface area contributed by atoms with Crippen molar-refractivity contribution in [3.8, 4) is 5.75 Å². The monoisotopic (exact) mass is 349 g/mol. The lowest BCUT2D eigenvalue weighted by Gasteiger charge is -2.32. The molecule has 5 nitrogen and oxygen atoms in total. The number of carbonyl (C=O) groups excluding carboxylic acids is 1. The molecule has 5 heteroatoms. The summed E-state index contributed by atoms with van der Waals surface area (Å²) >= 11 is 0. The summed E-state index contributed by atoms with van der Waals surface area (Å²) in [6.07, 6.45) is 1.37. The number of likely N-dealkylation sites (tertiary alicyclic amines) is 1. The largest absolute Gasteiger partial charge is 0.481 e. The molecule has 1 aliphatic rings. The third-order valence-electron chi connectivity index (χ3n) is 5.00. The summed E-state index contributed by atoms with van der Waals surface area (Å²) in [5.41, 5.74) is 2.08. The van der Waals surface area contributed by atoms with Crippen LogP contribution in [0.1, 0.15) is 31.5 Å². The van der Waals surface area contributed by atoms with E-state index in [1.165, 1.54) is 0 Å². The second-order valence-corrected chi connectivity index (χ2v) is 6.81. The first-order valence-electron chi connectivity index (χ1n) is 9.16. The molecule has 0 bridgehead atoms. The van der Waals surface area contributed by atoms with Crippen molar-refractivity contribution in [2.45, 2.75) is 31.8 Å². The number of amides is 1. The van der Waals surface area contributed by atoms with Gasteiger partial charge in [0.2, 0.25) is 0 Å². The average molecular weight is 349 g/mol. The first-order chi connectivity index (χ1) is 12.7. The standard InChI is InChI=1S/C21H23N3O2/c1-15(26-17-7-3-2-4-8-17)21(25)24-13-11-16(12-14-24)20-22-18-9-5-6-10-19(18)23-20/h2-10,15-16H,11-14H2,1H3,(H,22,23)/t15-/m0/s1. The van der Waals surface area contributed by atoms with E-state index in [0.717, 1.165) is 48.5 Å². The number of piperidine rings is 1. The third kappa shape index (κ3) is 3.43. The topological polar surface area (TPSA) is 58.2 Å². The minimum Gasteiger partial charge on any atom is -0.481 e. The number of aromatic amines is 1. The van der Waals surface area contributed by atoms with Gasteiger partial charge in [0.1, 0.15) is 11.6 Å². The number of hydrogen-bond donors (Lipinski definition) is 1. The van der Waals surface area contributed by atoms with Crippen molar-refractivity contribution in [3.63, 3.8) is 0 Å². The van der Waals surface area contributed by atoms with Crippen LogP contribution in [0.15, 0.2) is 54.6 Å². The minimum atomic E-state index is -0.472. The highest BCUT2D eigenvalue weighted by molar-refractivity contribution is 5.81. The Morgan fingerprint density at radius 2 is 1.81 bits per heavy atom. The number of nitrogens with one attached hydrogen (secondary N) is 1. The molecule has 3 aromatic rings. The van der Waals surface area contributed by atoms with E-state index in [1.807, 2.05) is 66.4 Å². The van der Waals surface area contributed by atoms with Crippen LogP contribution in [0.2, 0.25) is 0 Å². The van der Waals surface area contributed by atoms with Crippen molar-refractivity contribution >= 4 is 16.9 Å². The van der Waals surface area contributed by atoms with Gasteiger partial charge in [0, 0.05) is 19.0 Å². The number of imidazole rings is 1. The summed E-state index contributed by atoms with van der Waals surface area (Å²) in [6, 6.07) is 17.6. The van der Waals surface area contributed by atoms with Crippen molar-refractivity contribution in [1.29, 1.82) is 0 Å². The van der Waals surface area contributed by atoms with Crippen molar-refractivity contribution in [1.82, 2.24) is 14.9 Å². The Labute approximate surface area is 153 Å². The number of hydrogen-bond acceptors (Lipinski definition) is 3. The van der Waals surface area contributed by atoms with Crippen LogP contribution in [-0.4, -0.2) is 40.0 Å². The van der Waals surface area contributed by atoms with Crippen LogP contribution < -0.4 is 4.74 Å². The molecule has 0 saturated carbocycles. The highest BCUT2D eigenvalue weighted by Crippen LogP contribution is 2.28. The number of H-pyrrole nitrogens is 1. The van der Waals surface area contributed by atoms with Gasteiger partial charge in [0.25, 0.3) is 5.91 Å². The van der Waals surface area contributed by atoms with E-state index in [4.69, 9.17) is 9.72 Å². The molecule has 0 spiro atoms. The molecule has 1 fully saturated rings. The van der Waals surface area contributed by atoms with Gasteiger partial charge in [-0.1, -0.05) is 30.3 Å². The zero-order chi connectivity index (χ0) is 17.9. The van der Waals surface area contributed by atoms with Crippen molar-refractivity contribution in [2.24, 2.45) is 0 Å². The van der Waals surface area contributed by atoms with E-state index in [0.29, 0.717) is 5.92 Å². The Bertz CT molecular complexity index is 849. The summed E-state index contributed by atoms with van der Waals surface area (Å²) in [5.74, 6) is 2.19. The molecular formula is C21H23N3O2. The molecule has 0 radical (unpaired) electrons. The molecule has 26 heavy (non-hydrogen) atoms. The number of fused-ring (bicyclic) bond motifs is 1. The number of rotatable bonds is 4. The number of nitrogens with zero attached hydrogens (tertiary/aromatic N) is 2. The molecule has 1 amide bonds. The van der Waals surface area contributed by atoms with Gasteiger partial charge in [-0.3, -0.25) is 4.79 Å². The minimum absolute atomic E-state index is 0.0527. The lowest BCUT2D eigenvalue weighted by Crippen LogP contribution is -2.44. The summed E-state index contributed by atoms with van der Waals surface area (Å²) in [7, 11) is 0. The maximum atomic E-state index is 12.7. The first-order valence-corrected chi connectivity index (χ1v) is 9.16. The molecule has 134 valence electrons. The molecule has 2 heterocycles. The Morgan fingerprint density at radius 1 is 1.12 bits per heavy atom. The summed E-state index contributed by atoms with van der Waals surface area (Å²) in [6.45, 7) is 3.30. The molecular weight excluding hydrogens is 326 g/mol. The zero-order valence-electron chi connectivity index (χ0n) is 14.9. The number of carbonyl (C=O) groups is 1. The molecule has 1 saturated heterocycles. The van der Waals surface area contributed by atoms with Gasteiger partial charge < -0.3 is 14.6 Å². The smallest absolute Gasteiger partial charge is 0.263 e. The quantitative estimate of drug-likeness (QED) is 0.781. The normalized spacial score (nSPS) is 16.6. The third-order valence-corrected chi connectivity index (χ3v) is 5.00. The Kier molecular flexibility index (Phi) is 4.61. The molecule has 2 aromatic carbocycles. The van der Waals surface area contributed by atoms with E-state index >= 15 is 0 Å². The predicted molar refractivity (Wildman–Crippen MR) is 101 cm³/mol. The molecule has 1 aromatic heterocycles. The predicted octanol–water partition coefficient (Wildman–Crippen LogP) is 3.74. The SMILES string of the molecule is C[C@H](Oc1ccccc1)C(=O)N1CCC(c2nc3ccccc3[nH]2)CC1. The zero-order valence-corrected chi connectivity index (χ0v) is 14.9. The summed E-state index contributed by atoms with van der Waals surface area (Å²) < 4.78 is 5.77. The summed E-state index contributed by atoms with van der Waals surface area (Å²) in [4.78, 5) is 22.7. The van der Waals surface area contributed by atoms with Crippen LogP contribution in [0.25, 0.3) is 11.0 Å². The first kappa shape index (κ1) is 16.6. The number of ether oxygens (including phenoxy) is 1. The van der Waals surface area contributed by atoms with E-state index < -0.39 is 6.10 Å². The van der Waals surface area contributed by atoms with Crippen LogP contribution in [0, 0.1) is 0 Å². The van der Waals surface area contributed by atoms with Gasteiger partial charge in [-0.05, 0) is 44.0 Å². The summed E-state index contributed by atoms with van der Waals surface area (Å²) in [5, 5.41) is 0. The fourth-order valence-corrected chi connectivity index (χ4v) is 3.55. The molecule has 1 N–H and O–H groups in total. The maximum Gasteiger partial charge on any atom is 0.263 e. The van der Waals surface area contributed by atoms with Crippen LogP contribution in [0.3, 0.4) is 0 Å². The van der Waals surface area contributed by atoms with Crippen molar-refractivity contribution in [2.75, 3.05) is 13.1 Å². The van der Waals surface area contributed by atoms with Crippen LogP contribution in [-0.2, 0) is 4.79 Å². The van der Waals surface area contributed by atoms with Crippen molar-refractivity contribution in [3.05, 3.63) is 60.4 Å². The average Bonchev–Trinajstić information content (AvgIpc) is 3.12. The highest BCUT2D eigenvalue weighted by atomic mass is 16.5. The molecule has 4 rings (SSSR count). The van der Waals surface area contributed by atoms with Crippen LogP contribution in [0.5, 0.6) is 5.75 Å². The Morgan fingerprint density at radius 3 is 2.54 bits per heavy atom. The number of benzene rings is 2.